The first-order valence-electron chi connectivity index (χ1n) is 5.49. The van der Waals surface area contributed by atoms with Crippen molar-refractivity contribution in [1.29, 1.82) is 5.26 Å². The van der Waals surface area contributed by atoms with E-state index in [1.165, 1.54) is 7.05 Å². The van der Waals surface area contributed by atoms with Gasteiger partial charge in [0.25, 0.3) is 10.0 Å². The molecular weight excluding hydrogens is 318 g/mol. The fraction of sp³-hybridized carbons (Fsp3) is 0.167. The number of para-hydroxylation sites is 1. The molecule has 0 spiro atoms. The van der Waals surface area contributed by atoms with Gasteiger partial charge in [-0.1, -0.05) is 35.1 Å². The minimum absolute atomic E-state index is 0.0812. The van der Waals surface area contributed by atoms with E-state index in [1.807, 2.05) is 6.07 Å². The zero-order chi connectivity index (χ0) is 14.9. The van der Waals surface area contributed by atoms with E-state index in [4.69, 9.17) is 16.9 Å². The predicted molar refractivity (Wildman–Crippen MR) is 78.6 cm³/mol. The molecule has 0 radical (unpaired) electrons. The van der Waals surface area contributed by atoms with Crippen molar-refractivity contribution in [2.45, 2.75) is 11.1 Å². The van der Waals surface area contributed by atoms with Gasteiger partial charge in [0.05, 0.1) is 16.9 Å². The molecule has 0 aliphatic heterocycles. The molecule has 104 valence electrons. The Hall–Kier alpha value is -1.62. The Morgan fingerprint density at radius 1 is 1.40 bits per heavy atom. The Bertz CT molecular complexity index is 793. The van der Waals surface area contributed by atoms with Crippen LogP contribution in [0.3, 0.4) is 0 Å². The lowest BCUT2D eigenvalue weighted by molar-refractivity contribution is 0.595. The molecular formula is C12H10ClN3O2S2. The lowest BCUT2D eigenvalue weighted by Crippen LogP contribution is -2.27. The summed E-state index contributed by atoms with van der Waals surface area (Å²) >= 11 is 6.65. The first-order chi connectivity index (χ1) is 9.37. The third-order valence-corrected chi connectivity index (χ3v) is 6.31. The molecule has 1 aromatic heterocycles. The predicted octanol–water partition coefficient (Wildman–Crippen LogP) is 2.80. The van der Waals surface area contributed by atoms with Crippen LogP contribution in [0.4, 0.5) is 5.69 Å². The number of aromatic nitrogens is 1. The second-order valence-corrected chi connectivity index (χ2v) is 7.69. The van der Waals surface area contributed by atoms with Crippen LogP contribution in [0.25, 0.3) is 0 Å². The standard InChI is InChI=1S/C12H10ClN3O2S2/c1-8-11(19-12(13)15-8)20(17,18)16(2)10-6-4-3-5-9(10)7-14/h3-6H,1-2H3. The van der Waals surface area contributed by atoms with E-state index in [9.17, 15) is 8.42 Å². The Labute approximate surface area is 126 Å². The number of anilines is 1. The molecule has 0 amide bonds. The van der Waals surface area contributed by atoms with Crippen LogP contribution in [-0.2, 0) is 10.0 Å². The van der Waals surface area contributed by atoms with E-state index in [0.29, 0.717) is 11.4 Å². The number of benzene rings is 1. The molecule has 0 unspecified atom stereocenters. The van der Waals surface area contributed by atoms with Crippen LogP contribution in [-0.4, -0.2) is 20.4 Å². The van der Waals surface area contributed by atoms with Gasteiger partial charge in [-0.05, 0) is 19.1 Å². The molecule has 0 aliphatic carbocycles. The Morgan fingerprint density at radius 2 is 2.05 bits per heavy atom. The third kappa shape index (κ3) is 2.50. The summed E-state index contributed by atoms with van der Waals surface area (Å²) in [4.78, 5) is 3.91. The molecule has 8 heteroatoms. The maximum atomic E-state index is 12.6. The van der Waals surface area contributed by atoms with Crippen molar-refractivity contribution in [3.05, 3.63) is 40.0 Å². The van der Waals surface area contributed by atoms with Gasteiger partial charge < -0.3 is 0 Å². The molecule has 0 bridgehead atoms. The van der Waals surface area contributed by atoms with Crippen LogP contribution in [0.5, 0.6) is 0 Å². The van der Waals surface area contributed by atoms with Gasteiger partial charge in [0.2, 0.25) is 0 Å². The lowest BCUT2D eigenvalue weighted by Gasteiger charge is -2.19. The number of sulfonamides is 1. The molecule has 20 heavy (non-hydrogen) atoms. The quantitative estimate of drug-likeness (QED) is 0.868. The number of hydrogen-bond acceptors (Lipinski definition) is 5. The molecule has 0 fully saturated rings. The van der Waals surface area contributed by atoms with Crippen LogP contribution in [0.15, 0.2) is 28.5 Å². The van der Waals surface area contributed by atoms with Gasteiger partial charge in [-0.25, -0.2) is 13.4 Å². The normalized spacial score (nSPS) is 11.1. The Balaban J connectivity index is 2.55. The molecule has 5 nitrogen and oxygen atoms in total. The van der Waals surface area contributed by atoms with Crippen LogP contribution in [0.1, 0.15) is 11.3 Å². The number of nitriles is 1. The van der Waals surface area contributed by atoms with E-state index in [-0.39, 0.29) is 14.2 Å². The van der Waals surface area contributed by atoms with Gasteiger partial charge in [0.15, 0.2) is 8.68 Å². The van der Waals surface area contributed by atoms with Crippen molar-refractivity contribution in [3.8, 4) is 6.07 Å². The minimum atomic E-state index is -3.78. The summed E-state index contributed by atoms with van der Waals surface area (Å²) in [6.07, 6.45) is 0. The first kappa shape index (κ1) is 14.8. The molecule has 0 saturated heterocycles. The van der Waals surface area contributed by atoms with Crippen molar-refractivity contribution in [2.75, 3.05) is 11.4 Å². The maximum absolute atomic E-state index is 12.6. The summed E-state index contributed by atoms with van der Waals surface area (Å²) in [5.41, 5.74) is 0.951. The van der Waals surface area contributed by atoms with Gasteiger partial charge in [-0.2, -0.15) is 5.26 Å². The SMILES string of the molecule is Cc1nc(Cl)sc1S(=O)(=O)N(C)c1ccccc1C#N. The molecule has 0 aliphatic rings. The van der Waals surface area contributed by atoms with E-state index in [0.717, 1.165) is 15.6 Å². The van der Waals surface area contributed by atoms with Gasteiger partial charge in [-0.15, -0.1) is 0 Å². The Kier molecular flexibility index (Phi) is 3.99. The summed E-state index contributed by atoms with van der Waals surface area (Å²) in [7, 11) is -2.38. The molecule has 2 aromatic rings. The van der Waals surface area contributed by atoms with Crippen LogP contribution in [0, 0.1) is 18.3 Å². The van der Waals surface area contributed by atoms with Crippen molar-refractivity contribution in [1.82, 2.24) is 4.98 Å². The zero-order valence-corrected chi connectivity index (χ0v) is 13.1. The topological polar surface area (TPSA) is 74.1 Å². The first-order valence-corrected chi connectivity index (χ1v) is 8.12. The highest BCUT2D eigenvalue weighted by Crippen LogP contribution is 2.32. The summed E-state index contributed by atoms with van der Waals surface area (Å²) in [6, 6.07) is 8.47. The van der Waals surface area contributed by atoms with Gasteiger partial charge in [-0.3, -0.25) is 4.31 Å². The van der Waals surface area contributed by atoms with E-state index >= 15 is 0 Å². The molecule has 1 aromatic carbocycles. The number of thiazole rings is 1. The van der Waals surface area contributed by atoms with Gasteiger partial charge in [0.1, 0.15) is 6.07 Å². The molecule has 0 atom stereocenters. The van der Waals surface area contributed by atoms with E-state index in [1.54, 1.807) is 31.2 Å². The number of halogens is 1. The number of hydrogen-bond donors (Lipinski definition) is 0. The second kappa shape index (κ2) is 5.40. The second-order valence-electron chi connectivity index (χ2n) is 3.94. The van der Waals surface area contributed by atoms with Crippen LogP contribution in [0.2, 0.25) is 4.47 Å². The molecule has 0 N–H and O–H groups in total. The van der Waals surface area contributed by atoms with Crippen LogP contribution < -0.4 is 4.31 Å². The largest absolute Gasteiger partial charge is 0.275 e. The highest BCUT2D eigenvalue weighted by molar-refractivity contribution is 7.94. The van der Waals surface area contributed by atoms with Gasteiger partial charge in [0, 0.05) is 7.05 Å². The molecule has 1 heterocycles. The zero-order valence-electron chi connectivity index (χ0n) is 10.7. The van der Waals surface area contributed by atoms with Crippen molar-refractivity contribution in [2.24, 2.45) is 0 Å². The van der Waals surface area contributed by atoms with E-state index < -0.39 is 10.0 Å². The monoisotopic (exact) mass is 327 g/mol. The van der Waals surface area contributed by atoms with Crippen LogP contribution >= 0.6 is 22.9 Å². The minimum Gasteiger partial charge on any atom is -0.267 e. The highest BCUT2D eigenvalue weighted by Gasteiger charge is 2.27. The summed E-state index contributed by atoms with van der Waals surface area (Å²) in [6.45, 7) is 1.58. The number of aryl methyl sites for hydroxylation is 1. The summed E-state index contributed by atoms with van der Waals surface area (Å²) < 4.78 is 26.4. The highest BCUT2D eigenvalue weighted by atomic mass is 35.5. The van der Waals surface area contributed by atoms with Crippen molar-refractivity contribution < 1.29 is 8.42 Å². The van der Waals surface area contributed by atoms with Crippen molar-refractivity contribution in [3.63, 3.8) is 0 Å². The average Bonchev–Trinajstić information content (AvgIpc) is 2.77. The summed E-state index contributed by atoms with van der Waals surface area (Å²) in [5.74, 6) is 0. The van der Waals surface area contributed by atoms with Crippen molar-refractivity contribution >= 4 is 38.6 Å². The fourth-order valence-corrected chi connectivity index (χ4v) is 4.79. The fourth-order valence-electron chi connectivity index (χ4n) is 1.69. The van der Waals surface area contributed by atoms with Gasteiger partial charge >= 0.3 is 0 Å². The number of rotatable bonds is 3. The number of nitrogens with zero attached hydrogens (tertiary/aromatic N) is 3. The molecule has 0 saturated carbocycles. The lowest BCUT2D eigenvalue weighted by atomic mass is 10.2. The maximum Gasteiger partial charge on any atom is 0.275 e. The van der Waals surface area contributed by atoms with E-state index in [2.05, 4.69) is 4.98 Å². The smallest absolute Gasteiger partial charge is 0.267 e. The summed E-state index contributed by atoms with van der Waals surface area (Å²) in [5, 5.41) is 9.06. The average molecular weight is 328 g/mol. The molecule has 2 rings (SSSR count). The Morgan fingerprint density at radius 3 is 2.60 bits per heavy atom. The third-order valence-electron chi connectivity index (χ3n) is 2.69.